The van der Waals surface area contributed by atoms with Gasteiger partial charge in [-0.25, -0.2) is 0 Å². The van der Waals surface area contributed by atoms with E-state index >= 15 is 0 Å². The summed E-state index contributed by atoms with van der Waals surface area (Å²) in [6, 6.07) is 1.44. The lowest BCUT2D eigenvalue weighted by Gasteiger charge is -2.42. The number of aryl methyl sites for hydroxylation is 1. The highest BCUT2D eigenvalue weighted by Gasteiger charge is 2.37. The van der Waals surface area contributed by atoms with E-state index in [0.717, 1.165) is 32.4 Å². The number of hydrogen-bond donors (Lipinski definition) is 2. The van der Waals surface area contributed by atoms with Crippen molar-refractivity contribution < 1.29 is 19.2 Å². The summed E-state index contributed by atoms with van der Waals surface area (Å²) < 4.78 is 10.3. The van der Waals surface area contributed by atoms with Crippen LogP contribution in [0.2, 0.25) is 0 Å². The molecule has 0 spiro atoms. The van der Waals surface area contributed by atoms with Crippen molar-refractivity contribution in [2.45, 2.75) is 44.4 Å². The molecule has 2 aliphatic rings. The van der Waals surface area contributed by atoms with Gasteiger partial charge in [-0.2, -0.15) is 0 Å². The lowest BCUT2D eigenvalue weighted by Crippen LogP contribution is -2.58. The van der Waals surface area contributed by atoms with Gasteiger partial charge in [0.05, 0.1) is 25.4 Å². The van der Waals surface area contributed by atoms with Crippen LogP contribution in [0.1, 0.15) is 35.5 Å². The number of nitrogens with one attached hydrogen (secondary N) is 1. The molecule has 1 aromatic heterocycles. The molecule has 22 heavy (non-hydrogen) atoms. The summed E-state index contributed by atoms with van der Waals surface area (Å²) in [4.78, 5) is 14.4. The summed E-state index contributed by atoms with van der Waals surface area (Å²) >= 11 is 0. The normalized spacial score (nSPS) is 30.2. The first kappa shape index (κ1) is 15.5. The van der Waals surface area contributed by atoms with Gasteiger partial charge in [0.25, 0.3) is 5.91 Å². The van der Waals surface area contributed by atoms with Crippen molar-refractivity contribution in [2.75, 3.05) is 26.3 Å². The molecule has 122 valence electrons. The fraction of sp³-hybridized carbons (Fsp3) is 0.733. The zero-order valence-corrected chi connectivity index (χ0v) is 12.8. The molecule has 1 saturated carbocycles. The van der Waals surface area contributed by atoms with Gasteiger partial charge < -0.3 is 19.7 Å². The van der Waals surface area contributed by atoms with E-state index in [4.69, 9.17) is 9.26 Å². The van der Waals surface area contributed by atoms with E-state index in [1.807, 2.05) is 0 Å². The van der Waals surface area contributed by atoms with Crippen LogP contribution < -0.4 is 5.32 Å². The number of carbonyl (C=O) groups excluding carboxylic acids is 1. The van der Waals surface area contributed by atoms with E-state index in [2.05, 4.69) is 15.4 Å². The van der Waals surface area contributed by atoms with Gasteiger partial charge in [-0.05, 0) is 26.2 Å². The molecule has 3 atom stereocenters. The highest BCUT2D eigenvalue weighted by atomic mass is 16.5. The summed E-state index contributed by atoms with van der Waals surface area (Å²) in [6.45, 7) is 4.83. The minimum atomic E-state index is -0.566. The Morgan fingerprint density at radius 2 is 2.18 bits per heavy atom. The van der Waals surface area contributed by atoms with E-state index < -0.39 is 6.10 Å². The van der Waals surface area contributed by atoms with Crippen LogP contribution in [0.4, 0.5) is 0 Å². The summed E-state index contributed by atoms with van der Waals surface area (Å²) in [6.07, 6.45) is 2.16. The maximum absolute atomic E-state index is 12.2. The van der Waals surface area contributed by atoms with E-state index in [1.54, 1.807) is 13.0 Å². The number of aromatic nitrogens is 1. The Kier molecular flexibility index (Phi) is 4.75. The van der Waals surface area contributed by atoms with Crippen LogP contribution in [0.25, 0.3) is 0 Å². The van der Waals surface area contributed by atoms with Crippen molar-refractivity contribution >= 4 is 5.91 Å². The van der Waals surface area contributed by atoms with Crippen LogP contribution in [-0.2, 0) is 4.74 Å². The first-order valence-corrected chi connectivity index (χ1v) is 7.89. The molecule has 2 heterocycles. The number of carbonyl (C=O) groups is 1. The van der Waals surface area contributed by atoms with Crippen molar-refractivity contribution in [3.8, 4) is 0 Å². The lowest BCUT2D eigenvalue weighted by atomic mass is 9.86. The molecule has 0 aromatic carbocycles. The molecular formula is C15H23N3O4. The number of aliphatic hydroxyl groups is 1. The van der Waals surface area contributed by atoms with Gasteiger partial charge >= 0.3 is 0 Å². The van der Waals surface area contributed by atoms with Crippen LogP contribution in [0, 0.1) is 6.92 Å². The van der Waals surface area contributed by atoms with Crippen molar-refractivity contribution in [1.82, 2.24) is 15.4 Å². The Labute approximate surface area is 129 Å². The third-order valence-corrected chi connectivity index (χ3v) is 4.51. The van der Waals surface area contributed by atoms with E-state index in [9.17, 15) is 9.90 Å². The Morgan fingerprint density at radius 3 is 2.86 bits per heavy atom. The van der Waals surface area contributed by atoms with Gasteiger partial charge in [-0.1, -0.05) is 5.16 Å². The van der Waals surface area contributed by atoms with E-state index in [1.165, 1.54) is 0 Å². The molecule has 2 N–H and O–H groups in total. The maximum Gasteiger partial charge on any atom is 0.273 e. The van der Waals surface area contributed by atoms with Crippen molar-refractivity contribution in [1.29, 1.82) is 0 Å². The molecular weight excluding hydrogens is 286 g/mol. The van der Waals surface area contributed by atoms with E-state index in [-0.39, 0.29) is 23.7 Å². The summed E-state index contributed by atoms with van der Waals surface area (Å²) in [5.74, 6) is 0.309. The molecule has 7 heteroatoms. The van der Waals surface area contributed by atoms with Gasteiger partial charge in [0.15, 0.2) is 5.69 Å². The molecule has 1 amide bonds. The van der Waals surface area contributed by atoms with Gasteiger partial charge in [0.2, 0.25) is 0 Å². The fourth-order valence-electron chi connectivity index (χ4n) is 3.34. The van der Waals surface area contributed by atoms with Gasteiger partial charge in [0, 0.05) is 25.2 Å². The number of morpholine rings is 1. The van der Waals surface area contributed by atoms with Crippen molar-refractivity contribution in [3.63, 3.8) is 0 Å². The van der Waals surface area contributed by atoms with Gasteiger partial charge in [0.1, 0.15) is 5.76 Å². The third-order valence-electron chi connectivity index (χ3n) is 4.51. The molecule has 7 nitrogen and oxygen atoms in total. The minimum absolute atomic E-state index is 0.0852. The van der Waals surface area contributed by atoms with Crippen molar-refractivity contribution in [2.24, 2.45) is 0 Å². The average molecular weight is 309 g/mol. The maximum atomic E-state index is 12.2. The minimum Gasteiger partial charge on any atom is -0.389 e. The Bertz CT molecular complexity index is 513. The quantitative estimate of drug-likeness (QED) is 0.836. The number of aliphatic hydroxyl groups excluding tert-OH is 1. The zero-order chi connectivity index (χ0) is 15.5. The first-order chi connectivity index (χ1) is 10.6. The monoisotopic (exact) mass is 309 g/mol. The Morgan fingerprint density at radius 1 is 1.41 bits per heavy atom. The first-order valence-electron chi connectivity index (χ1n) is 7.89. The molecule has 3 rings (SSSR count). The number of rotatable bonds is 3. The van der Waals surface area contributed by atoms with Crippen LogP contribution >= 0.6 is 0 Å². The summed E-state index contributed by atoms with van der Waals surface area (Å²) in [5, 5.41) is 17.3. The second-order valence-electron chi connectivity index (χ2n) is 6.04. The van der Waals surface area contributed by atoms with E-state index in [0.29, 0.717) is 19.0 Å². The third kappa shape index (κ3) is 3.31. The highest BCUT2D eigenvalue weighted by molar-refractivity contribution is 5.92. The number of amides is 1. The predicted octanol–water partition coefficient (Wildman–Crippen LogP) is 0.327. The predicted molar refractivity (Wildman–Crippen MR) is 78.5 cm³/mol. The number of hydrogen-bond acceptors (Lipinski definition) is 6. The molecule has 0 bridgehead atoms. The molecule has 0 unspecified atom stereocenters. The van der Waals surface area contributed by atoms with Crippen LogP contribution in [-0.4, -0.2) is 65.6 Å². The molecule has 1 aromatic rings. The summed E-state index contributed by atoms with van der Waals surface area (Å²) in [7, 11) is 0. The largest absolute Gasteiger partial charge is 0.389 e. The van der Waals surface area contributed by atoms with Gasteiger partial charge in [-0.3, -0.25) is 9.69 Å². The smallest absolute Gasteiger partial charge is 0.273 e. The Balaban J connectivity index is 1.62. The topological polar surface area (TPSA) is 87.8 Å². The SMILES string of the molecule is Cc1cc(C(=O)N[C@@H]2CCC[C@@H](N3CCOCC3)[C@@H]2O)no1. The molecule has 0 radical (unpaired) electrons. The lowest BCUT2D eigenvalue weighted by molar-refractivity contribution is -0.0460. The number of nitrogens with zero attached hydrogens (tertiary/aromatic N) is 2. The average Bonchev–Trinajstić information content (AvgIpc) is 2.97. The zero-order valence-electron chi connectivity index (χ0n) is 12.8. The fourth-order valence-corrected chi connectivity index (χ4v) is 3.34. The highest BCUT2D eigenvalue weighted by Crippen LogP contribution is 2.25. The standard InChI is InChI=1S/C15H23N3O4/c1-10-9-12(17-22-10)15(20)16-11-3-2-4-13(14(11)19)18-5-7-21-8-6-18/h9,11,13-14,19H,2-8H2,1H3,(H,16,20)/t11-,13-,14-/m1/s1. The van der Waals surface area contributed by atoms with Crippen LogP contribution in [0.5, 0.6) is 0 Å². The molecule has 1 aliphatic heterocycles. The second-order valence-corrected chi connectivity index (χ2v) is 6.04. The van der Waals surface area contributed by atoms with Crippen LogP contribution in [0.3, 0.4) is 0 Å². The van der Waals surface area contributed by atoms with Gasteiger partial charge in [-0.15, -0.1) is 0 Å². The molecule has 1 aliphatic carbocycles. The second kappa shape index (κ2) is 6.76. The summed E-state index contributed by atoms with van der Waals surface area (Å²) in [5.41, 5.74) is 0.262. The molecule has 2 fully saturated rings. The van der Waals surface area contributed by atoms with Crippen molar-refractivity contribution in [3.05, 3.63) is 17.5 Å². The number of ether oxygens (including phenoxy) is 1. The van der Waals surface area contributed by atoms with Crippen LogP contribution in [0.15, 0.2) is 10.6 Å². The molecule has 1 saturated heterocycles. The Hall–Kier alpha value is -1.44.